The van der Waals surface area contributed by atoms with E-state index < -0.39 is 0 Å². The molecular weight excluding hydrogens is 162 g/mol. The number of benzene rings is 1. The Morgan fingerprint density at radius 1 is 1.31 bits per heavy atom. The van der Waals surface area contributed by atoms with E-state index in [1.165, 1.54) is 11.1 Å². The number of amides is 1. The molecule has 13 heavy (non-hydrogen) atoms. The number of carbonyl (C=O) groups is 1. The molecule has 0 saturated carbocycles. The molecule has 0 fully saturated rings. The molecule has 0 heterocycles. The summed E-state index contributed by atoms with van der Waals surface area (Å²) in [6.45, 7) is 0. The Labute approximate surface area is 77.8 Å². The minimum atomic E-state index is -0.158. The quantitative estimate of drug-likeness (QED) is 0.686. The molecule has 1 unspecified atom stereocenters. The van der Waals surface area contributed by atoms with Crippen molar-refractivity contribution in [3.63, 3.8) is 0 Å². The molecule has 0 spiro atoms. The van der Waals surface area contributed by atoms with E-state index in [9.17, 15) is 4.79 Å². The third-order valence-electron chi connectivity index (χ3n) is 2.75. The van der Waals surface area contributed by atoms with Crippen LogP contribution in [0.2, 0.25) is 0 Å². The van der Waals surface area contributed by atoms with Crippen LogP contribution in [-0.2, 0) is 17.6 Å². The van der Waals surface area contributed by atoms with E-state index in [0.29, 0.717) is 0 Å². The third kappa shape index (κ3) is 1.57. The zero-order chi connectivity index (χ0) is 9.26. The zero-order valence-electron chi connectivity index (χ0n) is 7.49. The van der Waals surface area contributed by atoms with E-state index in [1.807, 2.05) is 12.1 Å². The number of aryl methyl sites for hydroxylation is 1. The summed E-state index contributed by atoms with van der Waals surface area (Å²) in [5.41, 5.74) is 7.95. The normalized spacial score (nSPS) is 20.8. The summed E-state index contributed by atoms with van der Waals surface area (Å²) in [6, 6.07) is 8.28. The monoisotopic (exact) mass is 175 g/mol. The molecule has 2 rings (SSSR count). The van der Waals surface area contributed by atoms with Crippen molar-refractivity contribution in [3.05, 3.63) is 35.4 Å². The van der Waals surface area contributed by atoms with Crippen molar-refractivity contribution in [3.8, 4) is 0 Å². The Balaban J connectivity index is 2.24. The van der Waals surface area contributed by atoms with Gasteiger partial charge in [0, 0.05) is 5.92 Å². The molecule has 0 aromatic heterocycles. The molecular formula is C11H13NO. The van der Waals surface area contributed by atoms with E-state index in [2.05, 4.69) is 12.1 Å². The van der Waals surface area contributed by atoms with Crippen LogP contribution in [0.5, 0.6) is 0 Å². The molecule has 2 nitrogen and oxygen atoms in total. The van der Waals surface area contributed by atoms with E-state index >= 15 is 0 Å². The van der Waals surface area contributed by atoms with E-state index in [4.69, 9.17) is 5.73 Å². The van der Waals surface area contributed by atoms with Crippen LogP contribution in [0.15, 0.2) is 24.3 Å². The Hall–Kier alpha value is -1.31. The van der Waals surface area contributed by atoms with Crippen molar-refractivity contribution in [2.75, 3.05) is 0 Å². The summed E-state index contributed by atoms with van der Waals surface area (Å²) >= 11 is 0. The highest BCUT2D eigenvalue weighted by Gasteiger charge is 2.21. The highest BCUT2D eigenvalue weighted by Crippen LogP contribution is 2.24. The summed E-state index contributed by atoms with van der Waals surface area (Å²) < 4.78 is 0. The molecule has 68 valence electrons. The topological polar surface area (TPSA) is 43.1 Å². The molecule has 0 radical (unpaired) electrons. The molecule has 1 aromatic rings. The largest absolute Gasteiger partial charge is 0.369 e. The molecule has 2 N–H and O–H groups in total. The van der Waals surface area contributed by atoms with Crippen molar-refractivity contribution in [2.24, 2.45) is 11.7 Å². The van der Waals surface area contributed by atoms with Crippen molar-refractivity contribution in [1.29, 1.82) is 0 Å². The van der Waals surface area contributed by atoms with E-state index in [0.717, 1.165) is 19.3 Å². The minimum Gasteiger partial charge on any atom is -0.369 e. The van der Waals surface area contributed by atoms with Gasteiger partial charge in [-0.05, 0) is 30.4 Å². The van der Waals surface area contributed by atoms with Crippen LogP contribution in [0, 0.1) is 5.92 Å². The first-order chi connectivity index (χ1) is 6.27. The Kier molecular flexibility index (Phi) is 2.05. The van der Waals surface area contributed by atoms with Gasteiger partial charge in [-0.1, -0.05) is 24.3 Å². The van der Waals surface area contributed by atoms with Crippen molar-refractivity contribution in [1.82, 2.24) is 0 Å². The van der Waals surface area contributed by atoms with Crippen LogP contribution in [0.1, 0.15) is 17.5 Å². The lowest BCUT2D eigenvalue weighted by Crippen LogP contribution is -2.28. The van der Waals surface area contributed by atoms with Gasteiger partial charge in [0.2, 0.25) is 5.91 Å². The summed E-state index contributed by atoms with van der Waals surface area (Å²) in [4.78, 5) is 11.0. The molecule has 1 amide bonds. The second-order valence-electron chi connectivity index (χ2n) is 3.61. The van der Waals surface area contributed by atoms with Gasteiger partial charge in [0.25, 0.3) is 0 Å². The first-order valence-corrected chi connectivity index (χ1v) is 4.63. The summed E-state index contributed by atoms with van der Waals surface area (Å²) in [6.07, 6.45) is 2.72. The zero-order valence-corrected chi connectivity index (χ0v) is 7.49. The van der Waals surface area contributed by atoms with Crippen LogP contribution < -0.4 is 5.73 Å². The number of rotatable bonds is 1. The predicted molar refractivity (Wildman–Crippen MR) is 51.2 cm³/mol. The predicted octanol–water partition coefficient (Wildman–Crippen LogP) is 1.28. The van der Waals surface area contributed by atoms with Crippen molar-refractivity contribution < 1.29 is 4.79 Å². The number of hydrogen-bond acceptors (Lipinski definition) is 1. The Bertz CT molecular complexity index is 333. The maximum absolute atomic E-state index is 11.0. The number of hydrogen-bond donors (Lipinski definition) is 1. The van der Waals surface area contributed by atoms with E-state index in [-0.39, 0.29) is 11.8 Å². The summed E-state index contributed by atoms with van der Waals surface area (Å²) in [7, 11) is 0. The van der Waals surface area contributed by atoms with E-state index in [1.54, 1.807) is 0 Å². The fourth-order valence-corrected chi connectivity index (χ4v) is 1.94. The lowest BCUT2D eigenvalue weighted by atomic mass is 9.84. The van der Waals surface area contributed by atoms with Crippen LogP contribution in [0.25, 0.3) is 0 Å². The smallest absolute Gasteiger partial charge is 0.220 e. The maximum Gasteiger partial charge on any atom is 0.220 e. The van der Waals surface area contributed by atoms with Gasteiger partial charge in [-0.15, -0.1) is 0 Å². The minimum absolute atomic E-state index is 0.0508. The molecule has 1 aromatic carbocycles. The molecule has 1 aliphatic carbocycles. The number of fused-ring (bicyclic) bond motifs is 1. The van der Waals surface area contributed by atoms with Gasteiger partial charge in [0.05, 0.1) is 0 Å². The Morgan fingerprint density at radius 3 is 2.69 bits per heavy atom. The van der Waals surface area contributed by atoms with Gasteiger partial charge < -0.3 is 5.73 Å². The second kappa shape index (κ2) is 3.21. The van der Waals surface area contributed by atoms with Crippen molar-refractivity contribution in [2.45, 2.75) is 19.3 Å². The molecule has 1 aliphatic rings. The Morgan fingerprint density at radius 2 is 2.00 bits per heavy atom. The first kappa shape index (κ1) is 8.30. The van der Waals surface area contributed by atoms with Gasteiger partial charge in [0.15, 0.2) is 0 Å². The first-order valence-electron chi connectivity index (χ1n) is 4.63. The average Bonchev–Trinajstić information content (AvgIpc) is 2.17. The standard InChI is InChI=1S/C11H13NO/c12-11(13)10-6-5-8-3-1-2-4-9(8)7-10/h1-4,10H,5-7H2,(H2,12,13). The SMILES string of the molecule is NC(=O)C1CCc2ccccc2C1. The highest BCUT2D eigenvalue weighted by atomic mass is 16.1. The average molecular weight is 175 g/mol. The summed E-state index contributed by atoms with van der Waals surface area (Å²) in [5, 5.41) is 0. The molecule has 0 aliphatic heterocycles. The van der Waals surface area contributed by atoms with Gasteiger partial charge >= 0.3 is 0 Å². The van der Waals surface area contributed by atoms with Gasteiger partial charge in [-0.25, -0.2) is 0 Å². The van der Waals surface area contributed by atoms with Gasteiger partial charge in [-0.3, -0.25) is 4.79 Å². The fourth-order valence-electron chi connectivity index (χ4n) is 1.94. The van der Waals surface area contributed by atoms with Crippen LogP contribution in [-0.4, -0.2) is 5.91 Å². The van der Waals surface area contributed by atoms with Crippen LogP contribution in [0.3, 0.4) is 0 Å². The molecule has 2 heteroatoms. The van der Waals surface area contributed by atoms with Crippen LogP contribution in [0.4, 0.5) is 0 Å². The highest BCUT2D eigenvalue weighted by molar-refractivity contribution is 5.77. The van der Waals surface area contributed by atoms with Crippen molar-refractivity contribution >= 4 is 5.91 Å². The number of primary amides is 1. The van der Waals surface area contributed by atoms with Crippen LogP contribution >= 0.6 is 0 Å². The molecule has 1 atom stereocenters. The lowest BCUT2D eigenvalue weighted by molar-refractivity contribution is -0.122. The van der Waals surface area contributed by atoms with Gasteiger partial charge in [0.1, 0.15) is 0 Å². The maximum atomic E-state index is 11.0. The summed E-state index contributed by atoms with van der Waals surface area (Å²) in [5.74, 6) is -0.107. The third-order valence-corrected chi connectivity index (χ3v) is 2.75. The number of carbonyl (C=O) groups excluding carboxylic acids is 1. The lowest BCUT2D eigenvalue weighted by Gasteiger charge is -2.21. The fraction of sp³-hybridized carbons (Fsp3) is 0.364. The number of nitrogens with two attached hydrogens (primary N) is 1. The molecule has 0 bridgehead atoms. The van der Waals surface area contributed by atoms with Gasteiger partial charge in [-0.2, -0.15) is 0 Å². The second-order valence-corrected chi connectivity index (χ2v) is 3.61. The molecule has 0 saturated heterocycles.